The predicted octanol–water partition coefficient (Wildman–Crippen LogP) is 5.27. The molecule has 0 radical (unpaired) electrons. The summed E-state index contributed by atoms with van der Waals surface area (Å²) in [6.45, 7) is -2.69. The lowest BCUT2D eigenvalue weighted by Gasteiger charge is -2.10. The fourth-order valence-corrected chi connectivity index (χ4v) is 2.53. The first-order valence-electron chi connectivity index (χ1n) is 7.61. The molecule has 0 bridgehead atoms. The molecule has 0 spiro atoms. The molecule has 3 rings (SSSR count). The number of nitrogens with zero attached hydrogens (tertiary/aromatic N) is 2. The number of benzene rings is 2. The number of ether oxygens (including phenoxy) is 2. The number of rotatable bonds is 7. The van der Waals surface area contributed by atoms with E-state index >= 15 is 0 Å². The van der Waals surface area contributed by atoms with Gasteiger partial charge in [0.25, 0.3) is 0 Å². The third kappa shape index (κ3) is 4.78. The second-order valence-corrected chi connectivity index (χ2v) is 6.05. The molecule has 1 aromatic heterocycles. The van der Waals surface area contributed by atoms with E-state index in [2.05, 4.69) is 20.2 Å². The SMILES string of the molecule is COc1cc(-c2noc(CNc3ccc(Cl)c(Cl)c3)n2)ccc1OC(F)F. The summed E-state index contributed by atoms with van der Waals surface area (Å²) in [6.07, 6.45) is 0. The Balaban J connectivity index is 1.72. The van der Waals surface area contributed by atoms with Crippen LogP contribution in [0.2, 0.25) is 10.0 Å². The smallest absolute Gasteiger partial charge is 0.387 e. The molecule has 0 aliphatic carbocycles. The fourth-order valence-electron chi connectivity index (χ4n) is 2.23. The molecular weight excluding hydrogens is 403 g/mol. The van der Waals surface area contributed by atoms with Gasteiger partial charge in [-0.15, -0.1) is 0 Å². The molecule has 6 nitrogen and oxygen atoms in total. The number of aromatic nitrogens is 2. The van der Waals surface area contributed by atoms with Gasteiger partial charge in [0.2, 0.25) is 11.7 Å². The number of hydrogen-bond acceptors (Lipinski definition) is 6. The Morgan fingerprint density at radius 1 is 1.11 bits per heavy atom. The summed E-state index contributed by atoms with van der Waals surface area (Å²) < 4.78 is 39.4. The van der Waals surface area contributed by atoms with Gasteiger partial charge in [-0.05, 0) is 36.4 Å². The highest BCUT2D eigenvalue weighted by Crippen LogP contribution is 2.32. The molecule has 0 amide bonds. The van der Waals surface area contributed by atoms with Gasteiger partial charge in [-0.1, -0.05) is 28.4 Å². The van der Waals surface area contributed by atoms with Crippen LogP contribution in [0, 0.1) is 0 Å². The van der Waals surface area contributed by atoms with Crippen molar-refractivity contribution in [1.29, 1.82) is 0 Å². The monoisotopic (exact) mass is 415 g/mol. The van der Waals surface area contributed by atoms with Crippen LogP contribution < -0.4 is 14.8 Å². The summed E-state index contributed by atoms with van der Waals surface area (Å²) in [7, 11) is 1.35. The number of hydrogen-bond donors (Lipinski definition) is 1. The van der Waals surface area contributed by atoms with Crippen LogP contribution in [-0.4, -0.2) is 23.9 Å². The van der Waals surface area contributed by atoms with Crippen molar-refractivity contribution >= 4 is 28.9 Å². The molecule has 0 fully saturated rings. The molecule has 0 aliphatic rings. The molecule has 142 valence electrons. The minimum atomic E-state index is -2.95. The molecule has 10 heteroatoms. The summed E-state index contributed by atoms with van der Waals surface area (Å²) in [4.78, 5) is 4.26. The van der Waals surface area contributed by atoms with E-state index in [9.17, 15) is 8.78 Å². The number of anilines is 1. The van der Waals surface area contributed by atoms with Gasteiger partial charge in [0.1, 0.15) is 0 Å². The molecule has 2 aromatic carbocycles. The lowest BCUT2D eigenvalue weighted by molar-refractivity contribution is -0.0512. The van der Waals surface area contributed by atoms with Gasteiger partial charge in [0.05, 0.1) is 23.7 Å². The number of nitrogens with one attached hydrogen (secondary N) is 1. The van der Waals surface area contributed by atoms with Crippen LogP contribution in [0.5, 0.6) is 11.5 Å². The summed E-state index contributed by atoms with van der Waals surface area (Å²) in [6, 6.07) is 9.47. The van der Waals surface area contributed by atoms with Crippen LogP contribution in [0.15, 0.2) is 40.9 Å². The van der Waals surface area contributed by atoms with Gasteiger partial charge in [-0.3, -0.25) is 0 Å². The summed E-state index contributed by atoms with van der Waals surface area (Å²) in [5.41, 5.74) is 1.26. The maximum absolute atomic E-state index is 12.4. The van der Waals surface area contributed by atoms with E-state index in [4.69, 9.17) is 32.5 Å². The Morgan fingerprint density at radius 3 is 2.63 bits per heavy atom. The highest BCUT2D eigenvalue weighted by molar-refractivity contribution is 6.42. The Labute approximate surface area is 163 Å². The van der Waals surface area contributed by atoms with Crippen molar-refractivity contribution in [3.63, 3.8) is 0 Å². The largest absolute Gasteiger partial charge is 0.493 e. The summed E-state index contributed by atoms with van der Waals surface area (Å²) in [5, 5.41) is 7.83. The second kappa shape index (κ2) is 8.41. The molecular formula is C17H13Cl2F2N3O3. The van der Waals surface area contributed by atoms with Crippen LogP contribution in [0.4, 0.5) is 14.5 Å². The van der Waals surface area contributed by atoms with Crippen LogP contribution in [0.3, 0.4) is 0 Å². The number of methoxy groups -OCH3 is 1. The van der Waals surface area contributed by atoms with E-state index in [0.717, 1.165) is 5.69 Å². The van der Waals surface area contributed by atoms with Gasteiger partial charge < -0.3 is 19.3 Å². The zero-order chi connectivity index (χ0) is 19.4. The minimum Gasteiger partial charge on any atom is -0.493 e. The molecule has 1 N–H and O–H groups in total. The Bertz CT molecular complexity index is 938. The van der Waals surface area contributed by atoms with Crippen molar-refractivity contribution in [1.82, 2.24) is 10.1 Å². The van der Waals surface area contributed by atoms with Crippen LogP contribution >= 0.6 is 23.2 Å². The zero-order valence-electron chi connectivity index (χ0n) is 13.9. The van der Waals surface area contributed by atoms with Crippen LogP contribution in [-0.2, 0) is 6.54 Å². The molecule has 3 aromatic rings. The van der Waals surface area contributed by atoms with Crippen molar-refractivity contribution in [3.8, 4) is 22.9 Å². The Kier molecular flexibility index (Phi) is 5.98. The summed E-state index contributed by atoms with van der Waals surface area (Å²) >= 11 is 11.8. The maximum atomic E-state index is 12.4. The third-order valence-electron chi connectivity index (χ3n) is 3.47. The van der Waals surface area contributed by atoms with Crippen molar-refractivity contribution in [2.45, 2.75) is 13.2 Å². The average Bonchev–Trinajstić information content (AvgIpc) is 3.11. The van der Waals surface area contributed by atoms with E-state index in [0.29, 0.717) is 21.5 Å². The second-order valence-electron chi connectivity index (χ2n) is 5.24. The normalized spacial score (nSPS) is 10.9. The zero-order valence-corrected chi connectivity index (χ0v) is 15.4. The van der Waals surface area contributed by atoms with Crippen molar-refractivity contribution in [3.05, 3.63) is 52.3 Å². The topological polar surface area (TPSA) is 69.4 Å². The van der Waals surface area contributed by atoms with Gasteiger partial charge in [0, 0.05) is 11.3 Å². The standard InChI is InChI=1S/C17H13Cl2F2N3O3/c1-25-14-6-9(2-5-13(14)26-17(20)21)16-23-15(27-24-16)8-22-10-3-4-11(18)12(19)7-10/h2-7,17,22H,8H2,1H3. The first-order chi connectivity index (χ1) is 13.0. The van der Waals surface area contributed by atoms with Gasteiger partial charge in [-0.2, -0.15) is 13.8 Å². The fraction of sp³-hybridized carbons (Fsp3) is 0.176. The molecule has 1 heterocycles. The van der Waals surface area contributed by atoms with E-state index in [1.165, 1.54) is 25.3 Å². The van der Waals surface area contributed by atoms with Gasteiger partial charge >= 0.3 is 6.61 Å². The van der Waals surface area contributed by atoms with E-state index in [1.807, 2.05) is 0 Å². The molecule has 0 saturated heterocycles. The molecule has 0 aliphatic heterocycles. The first-order valence-corrected chi connectivity index (χ1v) is 8.36. The molecule has 0 unspecified atom stereocenters. The maximum Gasteiger partial charge on any atom is 0.387 e. The highest BCUT2D eigenvalue weighted by atomic mass is 35.5. The van der Waals surface area contributed by atoms with Crippen LogP contribution in [0.25, 0.3) is 11.4 Å². The molecule has 27 heavy (non-hydrogen) atoms. The highest BCUT2D eigenvalue weighted by Gasteiger charge is 2.15. The van der Waals surface area contributed by atoms with Crippen molar-refractivity contribution in [2.24, 2.45) is 0 Å². The van der Waals surface area contributed by atoms with E-state index < -0.39 is 6.61 Å². The predicted molar refractivity (Wildman–Crippen MR) is 96.7 cm³/mol. The van der Waals surface area contributed by atoms with Crippen molar-refractivity contribution < 1.29 is 22.8 Å². The lowest BCUT2D eigenvalue weighted by atomic mass is 10.2. The van der Waals surface area contributed by atoms with E-state index in [1.54, 1.807) is 18.2 Å². The molecule has 0 saturated carbocycles. The first kappa shape index (κ1) is 19.2. The number of alkyl halides is 2. The molecule has 0 atom stereocenters. The number of halogens is 4. The van der Waals surface area contributed by atoms with Crippen LogP contribution in [0.1, 0.15) is 5.89 Å². The quantitative estimate of drug-likeness (QED) is 0.566. The van der Waals surface area contributed by atoms with Gasteiger partial charge in [-0.25, -0.2) is 0 Å². The van der Waals surface area contributed by atoms with Crippen molar-refractivity contribution in [2.75, 3.05) is 12.4 Å². The van der Waals surface area contributed by atoms with Gasteiger partial charge in [0.15, 0.2) is 11.5 Å². The Hall–Kier alpha value is -2.58. The Morgan fingerprint density at radius 2 is 1.93 bits per heavy atom. The summed E-state index contributed by atoms with van der Waals surface area (Å²) in [5.74, 6) is 0.653. The lowest BCUT2D eigenvalue weighted by Crippen LogP contribution is -2.03. The van der Waals surface area contributed by atoms with E-state index in [-0.39, 0.29) is 23.9 Å². The third-order valence-corrected chi connectivity index (χ3v) is 4.21. The average molecular weight is 416 g/mol. The minimum absolute atomic E-state index is 0.0822.